The Morgan fingerprint density at radius 3 is 2.57 bits per heavy atom. The van der Waals surface area contributed by atoms with Crippen LogP contribution in [0.3, 0.4) is 0 Å². The first-order chi connectivity index (χ1) is 11.1. The molecule has 3 aromatic rings. The Bertz CT molecular complexity index is 859. The van der Waals surface area contributed by atoms with Crippen molar-refractivity contribution in [1.82, 2.24) is 9.78 Å². The van der Waals surface area contributed by atoms with E-state index in [9.17, 15) is 9.18 Å². The maximum atomic E-state index is 13.6. The molecule has 0 aliphatic rings. The van der Waals surface area contributed by atoms with Crippen LogP contribution in [0.4, 0.5) is 10.1 Å². The molecule has 0 aliphatic heterocycles. The van der Waals surface area contributed by atoms with Crippen LogP contribution in [0.5, 0.6) is 0 Å². The molecule has 4 nitrogen and oxygen atoms in total. The second-order valence-electron chi connectivity index (χ2n) is 4.97. The molecule has 2 aromatic carbocycles. The summed E-state index contributed by atoms with van der Waals surface area (Å²) in [6, 6.07) is 13.1. The Balaban J connectivity index is 1.88. The van der Waals surface area contributed by atoms with E-state index >= 15 is 0 Å². The minimum absolute atomic E-state index is 0.135. The smallest absolute Gasteiger partial charge is 0.259 e. The second kappa shape index (κ2) is 6.22. The Labute approximate surface area is 137 Å². The lowest BCUT2D eigenvalue weighted by atomic mass is 10.2. The molecule has 0 saturated carbocycles. The van der Waals surface area contributed by atoms with Crippen LogP contribution in [0.1, 0.15) is 16.1 Å². The third kappa shape index (κ3) is 3.10. The number of para-hydroxylation sites is 1. The predicted octanol–water partition coefficient (Wildman–Crippen LogP) is 4.23. The fraction of sp³-hybridized carbons (Fsp3) is 0.0588. The zero-order chi connectivity index (χ0) is 16.4. The van der Waals surface area contributed by atoms with Gasteiger partial charge in [0.1, 0.15) is 5.82 Å². The third-order valence-electron chi connectivity index (χ3n) is 3.45. The molecular formula is C17H13ClFN3O. The van der Waals surface area contributed by atoms with Crippen LogP contribution in [0, 0.1) is 12.7 Å². The Morgan fingerprint density at radius 1 is 1.17 bits per heavy atom. The van der Waals surface area contributed by atoms with Gasteiger partial charge in [0.2, 0.25) is 0 Å². The van der Waals surface area contributed by atoms with Crippen LogP contribution >= 0.6 is 11.6 Å². The van der Waals surface area contributed by atoms with E-state index in [2.05, 4.69) is 10.4 Å². The van der Waals surface area contributed by atoms with Crippen LogP contribution in [0.2, 0.25) is 5.02 Å². The van der Waals surface area contributed by atoms with Gasteiger partial charge in [-0.1, -0.05) is 23.7 Å². The van der Waals surface area contributed by atoms with Gasteiger partial charge in [-0.2, -0.15) is 5.10 Å². The number of hydrogen-bond acceptors (Lipinski definition) is 2. The van der Waals surface area contributed by atoms with E-state index in [0.717, 1.165) is 5.69 Å². The molecule has 6 heteroatoms. The number of carbonyl (C=O) groups excluding carboxylic acids is 1. The highest BCUT2D eigenvalue weighted by Crippen LogP contribution is 2.19. The van der Waals surface area contributed by atoms with Gasteiger partial charge in [0.05, 0.1) is 28.8 Å². The lowest BCUT2D eigenvalue weighted by Gasteiger charge is -2.07. The molecule has 116 valence electrons. The molecule has 0 radical (unpaired) electrons. The van der Waals surface area contributed by atoms with Gasteiger partial charge < -0.3 is 5.32 Å². The van der Waals surface area contributed by atoms with E-state index in [1.165, 1.54) is 18.3 Å². The number of halogens is 2. The van der Waals surface area contributed by atoms with E-state index in [0.29, 0.717) is 16.3 Å². The molecule has 0 bridgehead atoms. The molecule has 1 N–H and O–H groups in total. The number of nitrogens with zero attached hydrogens (tertiary/aromatic N) is 2. The minimum atomic E-state index is -0.483. The summed E-state index contributed by atoms with van der Waals surface area (Å²) in [6.07, 6.45) is 1.46. The van der Waals surface area contributed by atoms with Crippen LogP contribution in [0.15, 0.2) is 54.7 Å². The Kier molecular flexibility index (Phi) is 4.12. The Hall–Kier alpha value is -2.66. The molecule has 0 atom stereocenters. The quantitative estimate of drug-likeness (QED) is 0.781. The number of rotatable bonds is 3. The summed E-state index contributed by atoms with van der Waals surface area (Å²) >= 11 is 5.87. The van der Waals surface area contributed by atoms with Gasteiger partial charge in [-0.05, 0) is 43.3 Å². The van der Waals surface area contributed by atoms with Gasteiger partial charge in [-0.25, -0.2) is 9.07 Å². The molecule has 0 aliphatic carbocycles. The number of anilines is 1. The number of hydrogen-bond donors (Lipinski definition) is 1. The van der Waals surface area contributed by atoms with Gasteiger partial charge >= 0.3 is 0 Å². The average molecular weight is 330 g/mol. The number of benzene rings is 2. The van der Waals surface area contributed by atoms with Crippen LogP contribution < -0.4 is 5.32 Å². The van der Waals surface area contributed by atoms with Crippen molar-refractivity contribution in [2.24, 2.45) is 0 Å². The standard InChI is InChI=1S/C17H13ClFN3O/c1-11-14(17(23)21-16-5-3-2-4-15(16)19)10-20-22(11)13-8-6-12(18)7-9-13/h2-10H,1H3,(H,21,23). The van der Waals surface area contributed by atoms with E-state index in [4.69, 9.17) is 11.6 Å². The third-order valence-corrected chi connectivity index (χ3v) is 3.70. The van der Waals surface area contributed by atoms with Crippen molar-refractivity contribution in [3.8, 4) is 5.69 Å². The maximum Gasteiger partial charge on any atom is 0.259 e. The van der Waals surface area contributed by atoms with Gasteiger partial charge in [0, 0.05) is 5.02 Å². The van der Waals surface area contributed by atoms with Crippen LogP contribution in [-0.4, -0.2) is 15.7 Å². The number of amides is 1. The summed E-state index contributed by atoms with van der Waals surface area (Å²) in [5.41, 5.74) is 1.96. The summed E-state index contributed by atoms with van der Waals surface area (Å²) in [5, 5.41) is 7.39. The van der Waals surface area contributed by atoms with E-state index in [1.54, 1.807) is 48.0 Å². The van der Waals surface area contributed by atoms with Crippen molar-refractivity contribution >= 4 is 23.2 Å². The maximum absolute atomic E-state index is 13.6. The molecule has 0 saturated heterocycles. The van der Waals surface area contributed by atoms with Crippen molar-refractivity contribution < 1.29 is 9.18 Å². The minimum Gasteiger partial charge on any atom is -0.319 e. The van der Waals surface area contributed by atoms with Crippen molar-refractivity contribution in [2.75, 3.05) is 5.32 Å². The fourth-order valence-corrected chi connectivity index (χ4v) is 2.35. The fourth-order valence-electron chi connectivity index (χ4n) is 2.23. The first-order valence-corrected chi connectivity index (χ1v) is 7.30. The largest absolute Gasteiger partial charge is 0.319 e. The first kappa shape index (κ1) is 15.2. The predicted molar refractivity (Wildman–Crippen MR) is 87.7 cm³/mol. The summed E-state index contributed by atoms with van der Waals surface area (Å²) in [5.74, 6) is -0.892. The molecule has 0 fully saturated rings. The molecule has 1 aromatic heterocycles. The topological polar surface area (TPSA) is 46.9 Å². The van der Waals surface area contributed by atoms with Crippen LogP contribution in [0.25, 0.3) is 5.69 Å². The SMILES string of the molecule is Cc1c(C(=O)Nc2ccccc2F)cnn1-c1ccc(Cl)cc1. The zero-order valence-corrected chi connectivity index (χ0v) is 13.0. The van der Waals surface area contributed by atoms with Crippen molar-refractivity contribution in [3.05, 3.63) is 76.8 Å². The summed E-state index contributed by atoms with van der Waals surface area (Å²) in [6.45, 7) is 1.78. The zero-order valence-electron chi connectivity index (χ0n) is 12.3. The number of aromatic nitrogens is 2. The van der Waals surface area contributed by atoms with Crippen molar-refractivity contribution in [2.45, 2.75) is 6.92 Å². The van der Waals surface area contributed by atoms with Gasteiger partial charge in [0.15, 0.2) is 0 Å². The highest BCUT2D eigenvalue weighted by atomic mass is 35.5. The van der Waals surface area contributed by atoms with E-state index in [-0.39, 0.29) is 5.69 Å². The number of nitrogens with one attached hydrogen (secondary N) is 1. The van der Waals surface area contributed by atoms with E-state index in [1.807, 2.05) is 0 Å². The average Bonchev–Trinajstić information content (AvgIpc) is 2.92. The molecular weight excluding hydrogens is 317 g/mol. The van der Waals surface area contributed by atoms with Crippen LogP contribution in [-0.2, 0) is 0 Å². The molecule has 0 spiro atoms. The molecule has 1 heterocycles. The lowest BCUT2D eigenvalue weighted by molar-refractivity contribution is 0.102. The molecule has 23 heavy (non-hydrogen) atoms. The molecule has 1 amide bonds. The normalized spacial score (nSPS) is 10.6. The lowest BCUT2D eigenvalue weighted by Crippen LogP contribution is -2.14. The molecule has 3 rings (SSSR count). The van der Waals surface area contributed by atoms with E-state index < -0.39 is 11.7 Å². The summed E-state index contributed by atoms with van der Waals surface area (Å²) in [7, 11) is 0. The first-order valence-electron chi connectivity index (χ1n) is 6.92. The number of carbonyl (C=O) groups is 1. The highest BCUT2D eigenvalue weighted by molar-refractivity contribution is 6.30. The summed E-state index contributed by atoms with van der Waals surface area (Å²) < 4.78 is 15.3. The Morgan fingerprint density at radius 2 is 1.87 bits per heavy atom. The van der Waals surface area contributed by atoms with Crippen molar-refractivity contribution in [1.29, 1.82) is 0 Å². The monoisotopic (exact) mass is 329 g/mol. The van der Waals surface area contributed by atoms with Gasteiger partial charge in [0.25, 0.3) is 5.91 Å². The second-order valence-corrected chi connectivity index (χ2v) is 5.40. The van der Waals surface area contributed by atoms with Crippen molar-refractivity contribution in [3.63, 3.8) is 0 Å². The van der Waals surface area contributed by atoms with Gasteiger partial charge in [-0.15, -0.1) is 0 Å². The van der Waals surface area contributed by atoms with Gasteiger partial charge in [-0.3, -0.25) is 4.79 Å². The molecule has 0 unspecified atom stereocenters. The highest BCUT2D eigenvalue weighted by Gasteiger charge is 2.16. The summed E-state index contributed by atoms with van der Waals surface area (Å²) in [4.78, 5) is 12.3.